The van der Waals surface area contributed by atoms with Crippen molar-refractivity contribution in [2.24, 2.45) is 29.6 Å². The van der Waals surface area contributed by atoms with E-state index in [4.69, 9.17) is 4.74 Å². The van der Waals surface area contributed by atoms with Gasteiger partial charge >= 0.3 is 0 Å². The lowest BCUT2D eigenvalue weighted by molar-refractivity contribution is -0.175. The highest BCUT2D eigenvalue weighted by Gasteiger charge is 2.67. The average Bonchev–Trinajstić information content (AvgIpc) is 3.24. The van der Waals surface area contributed by atoms with Crippen molar-refractivity contribution in [2.75, 3.05) is 7.11 Å². The summed E-state index contributed by atoms with van der Waals surface area (Å²) >= 11 is 0. The van der Waals surface area contributed by atoms with E-state index in [-0.39, 0.29) is 17.4 Å². The Hall–Kier alpha value is -0.590. The highest BCUT2D eigenvalue weighted by Crippen LogP contribution is 2.66. The lowest BCUT2D eigenvalue weighted by Gasteiger charge is -2.50. The SMILES string of the molecule is CO[C@@]12C[C@@H](C[C@H]3C[C@H]31)[C@H](C#N)C[C@]1(O)CCCC[C@@H]12. The molecular formula is C17H25NO2. The molecule has 0 spiro atoms. The van der Waals surface area contributed by atoms with E-state index in [1.54, 1.807) is 0 Å². The Morgan fingerprint density at radius 1 is 1.20 bits per heavy atom. The second-order valence-electron chi connectivity index (χ2n) is 7.80. The molecule has 4 fully saturated rings. The summed E-state index contributed by atoms with van der Waals surface area (Å²) in [6, 6.07) is 2.52. The number of nitrogens with zero attached hydrogens (tertiary/aromatic N) is 1. The minimum atomic E-state index is -0.652. The standard InChI is InChI=1S/C17H25NO2/c1-20-17-9-12(6-11-7-14(11)17)13(10-18)8-16(19)5-3-2-4-15(16)17/h11-15,19H,2-9H2,1H3/t11-,12+,13-,14+,15-,16+,17-/m0/s1. The van der Waals surface area contributed by atoms with Crippen molar-refractivity contribution in [3.05, 3.63) is 0 Å². The Labute approximate surface area is 121 Å². The Morgan fingerprint density at radius 2 is 2.05 bits per heavy atom. The van der Waals surface area contributed by atoms with Gasteiger partial charge in [0.2, 0.25) is 0 Å². The molecule has 0 aliphatic heterocycles. The molecule has 7 atom stereocenters. The largest absolute Gasteiger partial charge is 0.389 e. The fourth-order valence-corrected chi connectivity index (χ4v) is 6.09. The van der Waals surface area contributed by atoms with Crippen LogP contribution in [0.5, 0.6) is 0 Å². The monoisotopic (exact) mass is 275 g/mol. The molecule has 4 aliphatic carbocycles. The summed E-state index contributed by atoms with van der Waals surface area (Å²) in [5.41, 5.74) is -0.782. The van der Waals surface area contributed by atoms with E-state index >= 15 is 0 Å². The molecule has 0 aromatic carbocycles. The van der Waals surface area contributed by atoms with Crippen molar-refractivity contribution in [3.8, 4) is 6.07 Å². The predicted octanol–water partition coefficient (Wildman–Crippen LogP) is 2.88. The van der Waals surface area contributed by atoms with Crippen LogP contribution in [0.15, 0.2) is 0 Å². The first-order chi connectivity index (χ1) is 9.63. The molecule has 0 amide bonds. The van der Waals surface area contributed by atoms with Gasteiger partial charge in [-0.25, -0.2) is 0 Å². The summed E-state index contributed by atoms with van der Waals surface area (Å²) in [5, 5.41) is 20.9. The topological polar surface area (TPSA) is 53.2 Å². The molecule has 0 aromatic heterocycles. The van der Waals surface area contributed by atoms with Crippen LogP contribution in [0.2, 0.25) is 0 Å². The molecule has 110 valence electrons. The van der Waals surface area contributed by atoms with Crippen molar-refractivity contribution < 1.29 is 9.84 Å². The van der Waals surface area contributed by atoms with Gasteiger partial charge in [-0.3, -0.25) is 0 Å². The number of rotatable bonds is 1. The molecule has 0 aromatic rings. The molecule has 4 aliphatic rings. The Bertz CT molecular complexity index is 458. The van der Waals surface area contributed by atoms with Crippen molar-refractivity contribution in [1.82, 2.24) is 0 Å². The number of ether oxygens (including phenoxy) is 1. The van der Waals surface area contributed by atoms with E-state index in [0.717, 1.165) is 31.6 Å². The van der Waals surface area contributed by atoms with E-state index in [1.165, 1.54) is 19.3 Å². The van der Waals surface area contributed by atoms with Crippen LogP contribution >= 0.6 is 0 Å². The van der Waals surface area contributed by atoms with E-state index in [0.29, 0.717) is 18.3 Å². The number of nitriles is 1. The van der Waals surface area contributed by atoms with Crippen molar-refractivity contribution in [3.63, 3.8) is 0 Å². The smallest absolute Gasteiger partial charge is 0.0768 e. The van der Waals surface area contributed by atoms with Gasteiger partial charge in [0, 0.05) is 13.0 Å². The Morgan fingerprint density at radius 3 is 2.80 bits per heavy atom. The van der Waals surface area contributed by atoms with Crippen LogP contribution in [0.3, 0.4) is 0 Å². The molecule has 4 rings (SSSR count). The third-order valence-electron chi connectivity index (χ3n) is 7.02. The number of aliphatic hydroxyl groups is 1. The van der Waals surface area contributed by atoms with Gasteiger partial charge in [0.15, 0.2) is 0 Å². The van der Waals surface area contributed by atoms with Gasteiger partial charge in [0.05, 0.1) is 23.2 Å². The van der Waals surface area contributed by atoms with Gasteiger partial charge in [-0.2, -0.15) is 5.26 Å². The highest BCUT2D eigenvalue weighted by molar-refractivity contribution is 5.19. The molecule has 1 N–H and O–H groups in total. The quantitative estimate of drug-likeness (QED) is 0.800. The zero-order valence-electron chi connectivity index (χ0n) is 12.3. The normalized spacial score (nSPS) is 57.0. The molecule has 2 bridgehead atoms. The van der Waals surface area contributed by atoms with Crippen LogP contribution in [0, 0.1) is 40.9 Å². The minimum absolute atomic E-state index is 0.0270. The number of hydrogen-bond donors (Lipinski definition) is 1. The molecule has 3 nitrogen and oxygen atoms in total. The fourth-order valence-electron chi connectivity index (χ4n) is 6.09. The third kappa shape index (κ3) is 1.58. The van der Waals surface area contributed by atoms with E-state index in [9.17, 15) is 10.4 Å². The van der Waals surface area contributed by atoms with E-state index in [1.807, 2.05) is 7.11 Å². The predicted molar refractivity (Wildman–Crippen MR) is 74.7 cm³/mol. The van der Waals surface area contributed by atoms with Crippen LogP contribution < -0.4 is 0 Å². The molecule has 3 heteroatoms. The third-order valence-corrected chi connectivity index (χ3v) is 7.02. The number of fused-ring (bicyclic) bond motifs is 6. The first kappa shape index (κ1) is 13.1. The highest BCUT2D eigenvalue weighted by atomic mass is 16.5. The maximum Gasteiger partial charge on any atom is 0.0768 e. The summed E-state index contributed by atoms with van der Waals surface area (Å²) in [5.74, 6) is 2.13. The van der Waals surface area contributed by atoms with Crippen LogP contribution in [0.1, 0.15) is 51.4 Å². The zero-order valence-corrected chi connectivity index (χ0v) is 12.3. The van der Waals surface area contributed by atoms with Gasteiger partial charge in [0.1, 0.15) is 0 Å². The number of methoxy groups -OCH3 is 1. The van der Waals surface area contributed by atoms with Gasteiger partial charge < -0.3 is 9.84 Å². The minimum Gasteiger partial charge on any atom is -0.389 e. The van der Waals surface area contributed by atoms with Crippen molar-refractivity contribution in [1.29, 1.82) is 5.26 Å². The summed E-state index contributed by atoms with van der Waals surface area (Å²) in [4.78, 5) is 0. The summed E-state index contributed by atoms with van der Waals surface area (Å²) in [6.07, 6.45) is 8.40. The van der Waals surface area contributed by atoms with Crippen LogP contribution in [-0.2, 0) is 4.74 Å². The van der Waals surface area contributed by atoms with Crippen LogP contribution in [0.25, 0.3) is 0 Å². The molecule has 0 unspecified atom stereocenters. The summed E-state index contributed by atoms with van der Waals surface area (Å²) in [7, 11) is 1.85. The maximum atomic E-state index is 11.3. The van der Waals surface area contributed by atoms with Gasteiger partial charge in [-0.15, -0.1) is 0 Å². The second-order valence-corrected chi connectivity index (χ2v) is 7.80. The molecule has 0 radical (unpaired) electrons. The average molecular weight is 275 g/mol. The molecule has 0 heterocycles. The van der Waals surface area contributed by atoms with E-state index < -0.39 is 5.60 Å². The molecule has 0 saturated heterocycles. The van der Waals surface area contributed by atoms with Gasteiger partial charge in [-0.1, -0.05) is 12.8 Å². The van der Waals surface area contributed by atoms with E-state index in [2.05, 4.69) is 6.07 Å². The molecule has 20 heavy (non-hydrogen) atoms. The second kappa shape index (κ2) is 4.21. The van der Waals surface area contributed by atoms with Crippen molar-refractivity contribution >= 4 is 0 Å². The van der Waals surface area contributed by atoms with Crippen LogP contribution in [-0.4, -0.2) is 23.4 Å². The maximum absolute atomic E-state index is 11.3. The summed E-state index contributed by atoms with van der Waals surface area (Å²) < 4.78 is 6.14. The fraction of sp³-hybridized carbons (Fsp3) is 0.941. The molecule has 4 saturated carbocycles. The van der Waals surface area contributed by atoms with Crippen molar-refractivity contribution in [2.45, 2.75) is 62.6 Å². The lowest BCUT2D eigenvalue weighted by atomic mass is 9.63. The Balaban J connectivity index is 1.80. The zero-order chi connectivity index (χ0) is 14.0. The lowest BCUT2D eigenvalue weighted by Crippen LogP contribution is -2.55. The first-order valence-electron chi connectivity index (χ1n) is 8.30. The van der Waals surface area contributed by atoms with Gasteiger partial charge in [-0.05, 0) is 56.3 Å². The number of hydrogen-bond acceptors (Lipinski definition) is 3. The first-order valence-corrected chi connectivity index (χ1v) is 8.30. The van der Waals surface area contributed by atoms with Crippen LogP contribution in [0.4, 0.5) is 0 Å². The summed E-state index contributed by atoms with van der Waals surface area (Å²) in [6.45, 7) is 0. The Kier molecular flexibility index (Phi) is 2.76. The van der Waals surface area contributed by atoms with Gasteiger partial charge in [0.25, 0.3) is 0 Å². The molecular weight excluding hydrogens is 250 g/mol.